The Morgan fingerprint density at radius 2 is 2.06 bits per heavy atom. The van der Waals surface area contributed by atoms with E-state index in [1.54, 1.807) is 18.3 Å². The van der Waals surface area contributed by atoms with Crippen LogP contribution in [0, 0.1) is 0 Å². The number of fused-ring (bicyclic) bond motifs is 1. The van der Waals surface area contributed by atoms with Crippen LogP contribution in [0.2, 0.25) is 0 Å². The molecule has 0 fully saturated rings. The van der Waals surface area contributed by atoms with Crippen LogP contribution in [0.5, 0.6) is 0 Å². The van der Waals surface area contributed by atoms with E-state index in [0.29, 0.717) is 5.56 Å². The molecule has 0 bridgehead atoms. The van der Waals surface area contributed by atoms with E-state index in [9.17, 15) is 4.79 Å². The van der Waals surface area contributed by atoms with E-state index < -0.39 is 5.91 Å². The van der Waals surface area contributed by atoms with Crippen molar-refractivity contribution in [1.82, 2.24) is 9.97 Å². The summed E-state index contributed by atoms with van der Waals surface area (Å²) in [6.07, 6.45) is 3.63. The topological polar surface area (TPSA) is 71.8 Å². The second-order valence-corrected chi connectivity index (χ2v) is 4.08. The van der Waals surface area contributed by atoms with Gasteiger partial charge in [0.15, 0.2) is 0 Å². The number of nitrogens with two attached hydrogens (primary N) is 1. The van der Waals surface area contributed by atoms with Crippen LogP contribution in [-0.4, -0.2) is 15.9 Å². The summed E-state index contributed by atoms with van der Waals surface area (Å²) in [4.78, 5) is 18.5. The number of carbonyl (C=O) groups excluding carboxylic acids is 1. The van der Waals surface area contributed by atoms with Gasteiger partial charge in [-0.15, -0.1) is 0 Å². The Bertz CT molecular complexity index is 730. The Morgan fingerprint density at radius 1 is 1.17 bits per heavy atom. The van der Waals surface area contributed by atoms with Gasteiger partial charge in [0, 0.05) is 28.9 Å². The standard InChI is InChI=1S/C14H11N3O/c15-13(18)10-3-1-2-9(6-10)12-7-11-4-5-16-14(11)17-8-12/h1-8H,(H2,15,18)(H,16,17). The molecule has 0 saturated carbocycles. The van der Waals surface area contributed by atoms with Crippen LogP contribution in [0.15, 0.2) is 48.8 Å². The number of hydrogen-bond acceptors (Lipinski definition) is 2. The zero-order valence-corrected chi connectivity index (χ0v) is 9.55. The average molecular weight is 237 g/mol. The summed E-state index contributed by atoms with van der Waals surface area (Å²) < 4.78 is 0. The number of hydrogen-bond donors (Lipinski definition) is 2. The first-order valence-electron chi connectivity index (χ1n) is 5.57. The predicted molar refractivity (Wildman–Crippen MR) is 70.0 cm³/mol. The first kappa shape index (κ1) is 10.5. The molecule has 0 spiro atoms. The molecule has 18 heavy (non-hydrogen) atoms. The summed E-state index contributed by atoms with van der Waals surface area (Å²) >= 11 is 0. The number of nitrogens with one attached hydrogen (secondary N) is 1. The SMILES string of the molecule is NC(=O)c1cccc(-c2cnc3[nH]ccc3c2)c1. The summed E-state index contributed by atoms with van der Waals surface area (Å²) in [6, 6.07) is 11.2. The molecule has 3 N–H and O–H groups in total. The fourth-order valence-electron chi connectivity index (χ4n) is 1.95. The zero-order chi connectivity index (χ0) is 12.5. The normalized spacial score (nSPS) is 10.7. The number of aromatic amines is 1. The van der Waals surface area contributed by atoms with E-state index in [4.69, 9.17) is 5.73 Å². The monoisotopic (exact) mass is 237 g/mol. The lowest BCUT2D eigenvalue weighted by Crippen LogP contribution is -2.10. The van der Waals surface area contributed by atoms with Crippen molar-refractivity contribution < 1.29 is 4.79 Å². The summed E-state index contributed by atoms with van der Waals surface area (Å²) in [5.74, 6) is -0.424. The van der Waals surface area contributed by atoms with Gasteiger partial charge in [0.25, 0.3) is 0 Å². The molecule has 1 amide bonds. The van der Waals surface area contributed by atoms with Crippen LogP contribution >= 0.6 is 0 Å². The van der Waals surface area contributed by atoms with Crippen molar-refractivity contribution in [2.24, 2.45) is 5.73 Å². The lowest BCUT2D eigenvalue weighted by Gasteiger charge is -2.03. The zero-order valence-electron chi connectivity index (χ0n) is 9.55. The number of carbonyl (C=O) groups is 1. The fraction of sp³-hybridized carbons (Fsp3) is 0. The summed E-state index contributed by atoms with van der Waals surface area (Å²) in [6.45, 7) is 0. The number of primary amides is 1. The van der Waals surface area contributed by atoms with Crippen molar-refractivity contribution >= 4 is 16.9 Å². The highest BCUT2D eigenvalue weighted by Crippen LogP contribution is 2.22. The maximum Gasteiger partial charge on any atom is 0.248 e. The molecular weight excluding hydrogens is 226 g/mol. The lowest BCUT2D eigenvalue weighted by molar-refractivity contribution is 0.100. The van der Waals surface area contributed by atoms with Crippen molar-refractivity contribution in [3.8, 4) is 11.1 Å². The molecule has 2 heterocycles. The molecule has 1 aromatic carbocycles. The van der Waals surface area contributed by atoms with Crippen LogP contribution in [0.3, 0.4) is 0 Å². The van der Waals surface area contributed by atoms with Gasteiger partial charge in [0.05, 0.1) is 0 Å². The summed E-state index contributed by atoms with van der Waals surface area (Å²) in [7, 11) is 0. The van der Waals surface area contributed by atoms with Gasteiger partial charge in [-0.05, 0) is 29.8 Å². The molecular formula is C14H11N3O. The first-order valence-corrected chi connectivity index (χ1v) is 5.57. The first-order chi connectivity index (χ1) is 8.74. The third kappa shape index (κ3) is 1.73. The Kier molecular flexibility index (Phi) is 2.34. The molecule has 0 unspecified atom stereocenters. The number of aromatic nitrogens is 2. The number of benzene rings is 1. The van der Waals surface area contributed by atoms with Crippen LogP contribution < -0.4 is 5.73 Å². The number of pyridine rings is 1. The van der Waals surface area contributed by atoms with Gasteiger partial charge >= 0.3 is 0 Å². The van der Waals surface area contributed by atoms with Gasteiger partial charge in [0.1, 0.15) is 5.65 Å². The number of nitrogens with zero attached hydrogens (tertiary/aromatic N) is 1. The lowest BCUT2D eigenvalue weighted by atomic mass is 10.0. The van der Waals surface area contributed by atoms with E-state index in [1.807, 2.05) is 30.5 Å². The van der Waals surface area contributed by atoms with Crippen LogP contribution in [0.4, 0.5) is 0 Å². The molecule has 0 atom stereocenters. The van der Waals surface area contributed by atoms with Gasteiger partial charge in [-0.3, -0.25) is 4.79 Å². The van der Waals surface area contributed by atoms with Gasteiger partial charge in [-0.1, -0.05) is 12.1 Å². The van der Waals surface area contributed by atoms with Crippen molar-refractivity contribution in [3.05, 3.63) is 54.4 Å². The molecule has 0 saturated heterocycles. The molecule has 3 rings (SSSR count). The molecule has 88 valence electrons. The Morgan fingerprint density at radius 3 is 2.89 bits per heavy atom. The minimum atomic E-state index is -0.424. The maximum absolute atomic E-state index is 11.2. The minimum absolute atomic E-state index is 0.424. The van der Waals surface area contributed by atoms with Gasteiger partial charge < -0.3 is 10.7 Å². The third-order valence-corrected chi connectivity index (χ3v) is 2.88. The van der Waals surface area contributed by atoms with Crippen LogP contribution in [-0.2, 0) is 0 Å². The van der Waals surface area contributed by atoms with E-state index in [0.717, 1.165) is 22.2 Å². The highest BCUT2D eigenvalue weighted by molar-refractivity contribution is 5.94. The Labute approximate surface area is 103 Å². The molecule has 0 aliphatic carbocycles. The largest absolute Gasteiger partial charge is 0.366 e. The molecule has 0 aliphatic rings. The van der Waals surface area contributed by atoms with E-state index in [2.05, 4.69) is 9.97 Å². The predicted octanol–water partition coefficient (Wildman–Crippen LogP) is 2.33. The summed E-state index contributed by atoms with van der Waals surface area (Å²) in [5.41, 5.74) is 8.52. The highest BCUT2D eigenvalue weighted by Gasteiger charge is 2.05. The maximum atomic E-state index is 11.2. The highest BCUT2D eigenvalue weighted by atomic mass is 16.1. The van der Waals surface area contributed by atoms with Crippen molar-refractivity contribution in [3.63, 3.8) is 0 Å². The van der Waals surface area contributed by atoms with Gasteiger partial charge in [0.2, 0.25) is 5.91 Å². The summed E-state index contributed by atoms with van der Waals surface area (Å²) in [5, 5.41) is 1.04. The van der Waals surface area contributed by atoms with Gasteiger partial charge in [-0.25, -0.2) is 4.98 Å². The smallest absolute Gasteiger partial charge is 0.248 e. The average Bonchev–Trinajstić information content (AvgIpc) is 2.86. The second kappa shape index (κ2) is 4.00. The molecule has 3 aromatic rings. The minimum Gasteiger partial charge on any atom is -0.366 e. The molecule has 4 nitrogen and oxygen atoms in total. The number of amides is 1. The van der Waals surface area contributed by atoms with E-state index in [1.165, 1.54) is 0 Å². The third-order valence-electron chi connectivity index (χ3n) is 2.88. The number of H-pyrrole nitrogens is 1. The van der Waals surface area contributed by atoms with E-state index in [-0.39, 0.29) is 0 Å². The van der Waals surface area contributed by atoms with E-state index >= 15 is 0 Å². The van der Waals surface area contributed by atoms with Crippen LogP contribution in [0.25, 0.3) is 22.2 Å². The molecule has 0 aliphatic heterocycles. The quantitative estimate of drug-likeness (QED) is 0.718. The Balaban J connectivity index is 2.13. The molecule has 4 heteroatoms. The van der Waals surface area contributed by atoms with Crippen LogP contribution in [0.1, 0.15) is 10.4 Å². The second-order valence-electron chi connectivity index (χ2n) is 4.08. The Hall–Kier alpha value is -2.62. The van der Waals surface area contributed by atoms with Crippen molar-refractivity contribution in [2.45, 2.75) is 0 Å². The molecule has 2 aromatic heterocycles. The van der Waals surface area contributed by atoms with Gasteiger partial charge in [-0.2, -0.15) is 0 Å². The van der Waals surface area contributed by atoms with Crippen molar-refractivity contribution in [2.75, 3.05) is 0 Å². The fourth-order valence-corrected chi connectivity index (χ4v) is 1.95. The van der Waals surface area contributed by atoms with Crippen molar-refractivity contribution in [1.29, 1.82) is 0 Å². The molecule has 0 radical (unpaired) electrons. The number of rotatable bonds is 2.